The summed E-state index contributed by atoms with van der Waals surface area (Å²) in [5.41, 5.74) is -0.913. The summed E-state index contributed by atoms with van der Waals surface area (Å²) in [6.07, 6.45) is 1.46. The maximum Gasteiger partial charge on any atom is 0.343 e. The molecule has 0 bridgehead atoms. The van der Waals surface area contributed by atoms with E-state index in [0.717, 1.165) is 25.9 Å². The zero-order valence-corrected chi connectivity index (χ0v) is 15.2. The molecule has 1 saturated carbocycles. The van der Waals surface area contributed by atoms with Crippen molar-refractivity contribution in [3.05, 3.63) is 35.9 Å². The lowest BCUT2D eigenvalue weighted by molar-refractivity contribution is -0.175. The van der Waals surface area contributed by atoms with Gasteiger partial charge in [-0.2, -0.15) is 0 Å². The van der Waals surface area contributed by atoms with E-state index in [9.17, 15) is 9.90 Å². The molecule has 0 radical (unpaired) electrons. The van der Waals surface area contributed by atoms with Crippen LogP contribution in [0.2, 0.25) is 0 Å². The molecule has 24 heavy (non-hydrogen) atoms. The van der Waals surface area contributed by atoms with E-state index < -0.39 is 11.6 Å². The molecule has 0 spiro atoms. The van der Waals surface area contributed by atoms with Crippen molar-refractivity contribution in [2.24, 2.45) is 23.7 Å². The first-order valence-corrected chi connectivity index (χ1v) is 8.78. The van der Waals surface area contributed by atoms with Crippen LogP contribution < -0.4 is 5.32 Å². The molecule has 2 N–H and O–H groups in total. The Bertz CT molecular complexity index is 539. The van der Waals surface area contributed by atoms with E-state index in [0.29, 0.717) is 29.9 Å². The fourth-order valence-corrected chi connectivity index (χ4v) is 4.17. The number of fused-ring (bicyclic) bond motifs is 1. The van der Waals surface area contributed by atoms with E-state index in [1.165, 1.54) is 0 Å². The Morgan fingerprint density at radius 1 is 1.25 bits per heavy atom. The molecule has 1 aromatic carbocycles. The third-order valence-electron chi connectivity index (χ3n) is 5.78. The van der Waals surface area contributed by atoms with E-state index in [1.54, 1.807) is 0 Å². The molecular formula is C19H28ClNO3. The van der Waals surface area contributed by atoms with Gasteiger partial charge in [-0.3, -0.25) is 0 Å². The number of halogens is 1. The normalized spacial score (nSPS) is 27.1. The van der Waals surface area contributed by atoms with Crippen molar-refractivity contribution < 1.29 is 14.6 Å². The van der Waals surface area contributed by atoms with Crippen LogP contribution in [0.25, 0.3) is 0 Å². The predicted octanol–water partition coefficient (Wildman–Crippen LogP) is 2.74. The molecule has 2 aliphatic rings. The molecule has 5 heteroatoms. The van der Waals surface area contributed by atoms with Crippen molar-refractivity contribution in [3.63, 3.8) is 0 Å². The summed E-state index contributed by atoms with van der Waals surface area (Å²) >= 11 is 0. The van der Waals surface area contributed by atoms with Crippen molar-refractivity contribution in [1.82, 2.24) is 5.32 Å². The van der Waals surface area contributed by atoms with Gasteiger partial charge in [-0.15, -0.1) is 12.4 Å². The highest BCUT2D eigenvalue weighted by Gasteiger charge is 2.54. The SMILES string of the molecule is CCC(CC)C(O)(C(=O)OCC1[C@H]2CNC[C@@H]12)c1ccccc1.Cl. The lowest BCUT2D eigenvalue weighted by Gasteiger charge is -2.33. The quantitative estimate of drug-likeness (QED) is 0.740. The van der Waals surface area contributed by atoms with Crippen LogP contribution in [-0.4, -0.2) is 30.8 Å². The van der Waals surface area contributed by atoms with Gasteiger partial charge in [-0.05, 0) is 43.3 Å². The number of rotatable bonds is 7. The Morgan fingerprint density at radius 3 is 2.38 bits per heavy atom. The van der Waals surface area contributed by atoms with Gasteiger partial charge in [0.2, 0.25) is 0 Å². The van der Waals surface area contributed by atoms with Crippen molar-refractivity contribution >= 4 is 18.4 Å². The van der Waals surface area contributed by atoms with Gasteiger partial charge in [0.05, 0.1) is 6.61 Å². The van der Waals surface area contributed by atoms with E-state index in [1.807, 2.05) is 44.2 Å². The molecule has 0 aromatic heterocycles. The number of esters is 1. The van der Waals surface area contributed by atoms with Crippen molar-refractivity contribution in [1.29, 1.82) is 0 Å². The number of benzene rings is 1. The number of ether oxygens (including phenoxy) is 1. The van der Waals surface area contributed by atoms with Crippen molar-refractivity contribution in [2.75, 3.05) is 19.7 Å². The molecule has 2 unspecified atom stereocenters. The smallest absolute Gasteiger partial charge is 0.343 e. The summed E-state index contributed by atoms with van der Waals surface area (Å²) in [6, 6.07) is 9.23. The van der Waals surface area contributed by atoms with Crippen LogP contribution >= 0.6 is 12.4 Å². The Hall–Kier alpha value is -1.10. The first kappa shape index (κ1) is 19.2. The van der Waals surface area contributed by atoms with Crippen LogP contribution in [0.3, 0.4) is 0 Å². The van der Waals surface area contributed by atoms with Crippen LogP contribution in [0.5, 0.6) is 0 Å². The van der Waals surface area contributed by atoms with Crippen molar-refractivity contribution in [2.45, 2.75) is 32.3 Å². The maximum absolute atomic E-state index is 12.8. The van der Waals surface area contributed by atoms with Crippen molar-refractivity contribution in [3.8, 4) is 0 Å². The minimum absolute atomic E-state index is 0. The summed E-state index contributed by atoms with van der Waals surface area (Å²) in [4.78, 5) is 12.8. The Morgan fingerprint density at radius 2 is 1.83 bits per heavy atom. The average molecular weight is 354 g/mol. The number of hydrogen-bond acceptors (Lipinski definition) is 4. The van der Waals surface area contributed by atoms with E-state index >= 15 is 0 Å². The number of nitrogens with one attached hydrogen (secondary N) is 1. The monoisotopic (exact) mass is 353 g/mol. The van der Waals surface area contributed by atoms with Crippen LogP contribution in [0.15, 0.2) is 30.3 Å². The first-order chi connectivity index (χ1) is 11.1. The molecule has 1 heterocycles. The maximum atomic E-state index is 12.8. The van der Waals surface area contributed by atoms with Gasteiger partial charge in [0, 0.05) is 11.8 Å². The van der Waals surface area contributed by atoms with Crippen LogP contribution in [0.1, 0.15) is 32.3 Å². The topological polar surface area (TPSA) is 58.6 Å². The van der Waals surface area contributed by atoms with Gasteiger partial charge < -0.3 is 15.2 Å². The highest BCUT2D eigenvalue weighted by Crippen LogP contribution is 2.49. The molecule has 4 atom stereocenters. The molecule has 3 rings (SSSR count). The highest BCUT2D eigenvalue weighted by atomic mass is 35.5. The summed E-state index contributed by atoms with van der Waals surface area (Å²) in [6.45, 7) is 6.51. The zero-order chi connectivity index (χ0) is 16.4. The molecule has 1 aliphatic carbocycles. The number of carbonyl (C=O) groups excluding carboxylic acids is 1. The Balaban J connectivity index is 0.00000208. The lowest BCUT2D eigenvalue weighted by atomic mass is 9.78. The average Bonchev–Trinajstić information content (AvgIpc) is 3.01. The third-order valence-corrected chi connectivity index (χ3v) is 5.78. The second-order valence-corrected chi connectivity index (χ2v) is 6.89. The van der Waals surface area contributed by atoms with Crippen LogP contribution in [-0.2, 0) is 15.1 Å². The molecule has 0 amide bonds. The summed E-state index contributed by atoms with van der Waals surface area (Å²) in [5.74, 6) is 1.15. The molecule has 1 aromatic rings. The zero-order valence-electron chi connectivity index (χ0n) is 14.4. The highest BCUT2D eigenvalue weighted by molar-refractivity contribution is 5.85. The first-order valence-electron chi connectivity index (χ1n) is 8.78. The number of hydrogen-bond donors (Lipinski definition) is 2. The second-order valence-electron chi connectivity index (χ2n) is 6.89. The van der Waals surface area contributed by atoms with Crippen LogP contribution in [0.4, 0.5) is 0 Å². The fourth-order valence-electron chi connectivity index (χ4n) is 4.17. The van der Waals surface area contributed by atoms with Gasteiger partial charge in [-0.25, -0.2) is 4.79 Å². The Labute approximate surface area is 150 Å². The van der Waals surface area contributed by atoms with Gasteiger partial charge >= 0.3 is 5.97 Å². The van der Waals surface area contributed by atoms with Crippen LogP contribution in [0, 0.1) is 23.7 Å². The van der Waals surface area contributed by atoms with E-state index in [4.69, 9.17) is 4.74 Å². The molecule has 134 valence electrons. The number of aliphatic hydroxyl groups is 1. The summed E-state index contributed by atoms with van der Waals surface area (Å²) < 4.78 is 5.59. The molecular weight excluding hydrogens is 326 g/mol. The molecule has 1 saturated heterocycles. The van der Waals surface area contributed by atoms with Gasteiger partial charge in [-0.1, -0.05) is 44.2 Å². The minimum atomic E-state index is -1.55. The van der Waals surface area contributed by atoms with Gasteiger partial charge in [0.1, 0.15) is 0 Å². The minimum Gasteiger partial charge on any atom is -0.463 e. The second kappa shape index (κ2) is 7.85. The third kappa shape index (κ3) is 3.32. The number of piperidine rings is 1. The summed E-state index contributed by atoms with van der Waals surface area (Å²) in [7, 11) is 0. The van der Waals surface area contributed by atoms with E-state index in [-0.39, 0.29) is 18.3 Å². The standard InChI is InChI=1S/C19H27NO3.ClH/c1-3-13(4-2)19(22,14-8-6-5-7-9-14)18(21)23-12-17-15-10-20-11-16(15)17;/h5-9,13,15-17,20,22H,3-4,10-12H2,1-2H3;1H/t15-,16+,17?,19?;. The van der Waals surface area contributed by atoms with Gasteiger partial charge in [0.15, 0.2) is 5.60 Å². The molecule has 1 aliphatic heterocycles. The predicted molar refractivity (Wildman–Crippen MR) is 96.0 cm³/mol. The van der Waals surface area contributed by atoms with E-state index in [2.05, 4.69) is 5.32 Å². The van der Waals surface area contributed by atoms with Gasteiger partial charge in [0.25, 0.3) is 0 Å². The molecule has 2 fully saturated rings. The Kier molecular flexibility index (Phi) is 6.29. The lowest BCUT2D eigenvalue weighted by Crippen LogP contribution is -2.44. The number of carbonyl (C=O) groups is 1. The largest absolute Gasteiger partial charge is 0.463 e. The summed E-state index contributed by atoms with van der Waals surface area (Å²) in [5, 5.41) is 14.6. The molecule has 4 nitrogen and oxygen atoms in total. The fraction of sp³-hybridized carbons (Fsp3) is 0.632.